The number of aromatic amines is 2. The Hall–Kier alpha value is -3.51. The van der Waals surface area contributed by atoms with E-state index in [2.05, 4.69) is 35.8 Å². The van der Waals surface area contributed by atoms with Gasteiger partial charge in [-0.25, -0.2) is 13.2 Å². The van der Waals surface area contributed by atoms with Crippen LogP contribution in [0.2, 0.25) is 0 Å². The van der Waals surface area contributed by atoms with E-state index in [1.807, 2.05) is 29.2 Å². The first kappa shape index (κ1) is 19.8. The molecule has 0 amide bonds. The van der Waals surface area contributed by atoms with E-state index in [1.54, 1.807) is 12.1 Å². The van der Waals surface area contributed by atoms with Crippen molar-refractivity contribution in [2.45, 2.75) is 4.90 Å². The lowest BCUT2D eigenvalue weighted by Gasteiger charge is -2.07. The van der Waals surface area contributed by atoms with Crippen LogP contribution in [0.4, 0.5) is 5.69 Å². The van der Waals surface area contributed by atoms with E-state index in [4.69, 9.17) is 4.42 Å². The van der Waals surface area contributed by atoms with E-state index in [9.17, 15) is 18.0 Å². The Morgan fingerprint density at radius 2 is 1.77 bits per heavy atom. The molecule has 0 aliphatic carbocycles. The van der Waals surface area contributed by atoms with E-state index < -0.39 is 26.2 Å². The molecular formula is C18H12BrN5O5S. The maximum Gasteiger partial charge on any atom is 0.325 e. The van der Waals surface area contributed by atoms with Crippen LogP contribution in [0.5, 0.6) is 0 Å². The molecule has 12 heteroatoms. The summed E-state index contributed by atoms with van der Waals surface area (Å²) in [6.45, 7) is 0. The zero-order valence-electron chi connectivity index (χ0n) is 14.9. The predicted molar refractivity (Wildman–Crippen MR) is 111 cm³/mol. The van der Waals surface area contributed by atoms with E-state index >= 15 is 0 Å². The summed E-state index contributed by atoms with van der Waals surface area (Å²) >= 11 is 3.42. The number of nitrogens with one attached hydrogen (secondary N) is 3. The SMILES string of the molecule is O=c1[nH]cc(S(=O)(=O)Nc2cccc(-c3nnc(-c4ccccc4Br)o3)c2)c(=O)[nH]1. The second kappa shape index (κ2) is 7.72. The average molecular weight is 490 g/mol. The van der Waals surface area contributed by atoms with Crippen molar-refractivity contribution in [3.05, 3.63) is 80.0 Å². The van der Waals surface area contributed by atoms with Crippen LogP contribution in [0, 0.1) is 0 Å². The normalized spacial score (nSPS) is 11.4. The van der Waals surface area contributed by atoms with Crippen LogP contribution in [-0.4, -0.2) is 28.6 Å². The van der Waals surface area contributed by atoms with Crippen molar-refractivity contribution in [1.82, 2.24) is 20.2 Å². The number of rotatable bonds is 5. The Morgan fingerprint density at radius 1 is 1.00 bits per heavy atom. The van der Waals surface area contributed by atoms with E-state index in [-0.39, 0.29) is 11.6 Å². The summed E-state index contributed by atoms with van der Waals surface area (Å²) in [5, 5.41) is 8.04. The van der Waals surface area contributed by atoms with Crippen LogP contribution in [-0.2, 0) is 10.0 Å². The lowest BCUT2D eigenvalue weighted by molar-refractivity contribution is 0.584. The number of hydrogen-bond donors (Lipinski definition) is 3. The first-order valence-corrected chi connectivity index (χ1v) is 10.6. The zero-order valence-corrected chi connectivity index (χ0v) is 17.3. The molecule has 0 atom stereocenters. The van der Waals surface area contributed by atoms with Crippen molar-refractivity contribution in [2.75, 3.05) is 4.72 Å². The van der Waals surface area contributed by atoms with Crippen molar-refractivity contribution in [1.29, 1.82) is 0 Å². The van der Waals surface area contributed by atoms with Gasteiger partial charge in [0.15, 0.2) is 4.90 Å². The molecule has 0 saturated carbocycles. The fourth-order valence-electron chi connectivity index (χ4n) is 2.61. The topological polar surface area (TPSA) is 151 Å². The number of benzene rings is 2. The third-order valence-electron chi connectivity index (χ3n) is 3.97. The highest BCUT2D eigenvalue weighted by atomic mass is 79.9. The summed E-state index contributed by atoms with van der Waals surface area (Å²) in [4.78, 5) is 26.3. The minimum absolute atomic E-state index is 0.166. The van der Waals surface area contributed by atoms with Gasteiger partial charge in [0.2, 0.25) is 11.8 Å². The van der Waals surface area contributed by atoms with Crippen LogP contribution in [0.3, 0.4) is 0 Å². The lowest BCUT2D eigenvalue weighted by Crippen LogP contribution is -2.29. The average Bonchev–Trinajstić information content (AvgIpc) is 3.18. The smallest absolute Gasteiger partial charge is 0.325 e. The van der Waals surface area contributed by atoms with Gasteiger partial charge in [-0.05, 0) is 46.3 Å². The first-order chi connectivity index (χ1) is 14.3. The fraction of sp³-hybridized carbons (Fsp3) is 0. The highest BCUT2D eigenvalue weighted by Crippen LogP contribution is 2.30. The Morgan fingerprint density at radius 3 is 2.53 bits per heavy atom. The molecule has 0 spiro atoms. The Balaban J connectivity index is 1.65. The second-order valence-electron chi connectivity index (χ2n) is 6.01. The monoisotopic (exact) mass is 489 g/mol. The van der Waals surface area contributed by atoms with Gasteiger partial charge in [-0.1, -0.05) is 18.2 Å². The molecule has 2 aromatic carbocycles. The number of sulfonamides is 1. The third-order valence-corrected chi connectivity index (χ3v) is 6.04. The van der Waals surface area contributed by atoms with Crippen LogP contribution >= 0.6 is 15.9 Å². The summed E-state index contributed by atoms with van der Waals surface area (Å²) in [6, 6.07) is 13.6. The molecule has 0 radical (unpaired) electrons. The van der Waals surface area contributed by atoms with Crippen molar-refractivity contribution >= 4 is 31.6 Å². The minimum atomic E-state index is -4.24. The summed E-state index contributed by atoms with van der Waals surface area (Å²) in [5.74, 6) is 0.479. The standard InChI is InChI=1S/C18H12BrN5O5S/c19-13-7-2-1-6-12(13)17-23-22-16(29-17)10-4-3-5-11(8-10)24-30(27,28)14-9-20-18(26)21-15(14)25/h1-9,24H,(H2,20,21,25,26). The molecule has 2 heterocycles. The van der Waals surface area contributed by atoms with Crippen molar-refractivity contribution in [2.24, 2.45) is 0 Å². The lowest BCUT2D eigenvalue weighted by atomic mass is 10.2. The summed E-state index contributed by atoms with van der Waals surface area (Å²) < 4.78 is 33.8. The third kappa shape index (κ3) is 3.95. The van der Waals surface area contributed by atoms with Gasteiger partial charge in [0, 0.05) is 21.9 Å². The van der Waals surface area contributed by atoms with Gasteiger partial charge in [0.25, 0.3) is 15.6 Å². The molecule has 10 nitrogen and oxygen atoms in total. The second-order valence-corrected chi connectivity index (χ2v) is 8.52. The number of H-pyrrole nitrogens is 2. The Kier molecular flexibility index (Phi) is 5.10. The molecule has 2 aromatic heterocycles. The molecule has 0 fully saturated rings. The van der Waals surface area contributed by atoms with Gasteiger partial charge < -0.3 is 9.40 Å². The van der Waals surface area contributed by atoms with Gasteiger partial charge in [0.1, 0.15) is 0 Å². The van der Waals surface area contributed by atoms with Crippen molar-refractivity contribution < 1.29 is 12.8 Å². The molecule has 30 heavy (non-hydrogen) atoms. The first-order valence-electron chi connectivity index (χ1n) is 8.37. The maximum absolute atomic E-state index is 12.5. The number of hydrogen-bond acceptors (Lipinski definition) is 7. The zero-order chi connectivity index (χ0) is 21.3. The summed E-state index contributed by atoms with van der Waals surface area (Å²) in [7, 11) is -4.24. The van der Waals surface area contributed by atoms with Gasteiger partial charge in [-0.3, -0.25) is 14.5 Å². The van der Waals surface area contributed by atoms with Crippen molar-refractivity contribution in [3.8, 4) is 22.9 Å². The number of halogens is 1. The molecule has 0 aliphatic rings. The molecule has 0 bridgehead atoms. The van der Waals surface area contributed by atoms with Crippen LogP contribution in [0.1, 0.15) is 0 Å². The molecule has 0 unspecified atom stereocenters. The van der Waals surface area contributed by atoms with E-state index in [0.29, 0.717) is 17.0 Å². The Labute approximate surface area is 177 Å². The van der Waals surface area contributed by atoms with E-state index in [1.165, 1.54) is 12.1 Å². The molecule has 3 N–H and O–H groups in total. The van der Waals surface area contributed by atoms with Gasteiger partial charge >= 0.3 is 5.69 Å². The van der Waals surface area contributed by atoms with Crippen molar-refractivity contribution in [3.63, 3.8) is 0 Å². The van der Waals surface area contributed by atoms with Gasteiger partial charge in [-0.2, -0.15) is 0 Å². The van der Waals surface area contributed by atoms with Crippen LogP contribution in [0.25, 0.3) is 22.9 Å². The highest BCUT2D eigenvalue weighted by Gasteiger charge is 2.20. The van der Waals surface area contributed by atoms with E-state index in [0.717, 1.165) is 10.7 Å². The molecule has 152 valence electrons. The molecular weight excluding hydrogens is 478 g/mol. The van der Waals surface area contributed by atoms with Crippen LogP contribution in [0.15, 0.2) is 78.1 Å². The molecule has 4 rings (SSSR count). The predicted octanol–water partition coefficient (Wildman–Crippen LogP) is 2.34. The Bertz CT molecular complexity index is 1460. The molecule has 0 saturated heterocycles. The van der Waals surface area contributed by atoms with Gasteiger partial charge in [0.05, 0.1) is 5.56 Å². The fourth-order valence-corrected chi connectivity index (χ4v) is 4.12. The largest absolute Gasteiger partial charge is 0.416 e. The summed E-state index contributed by atoms with van der Waals surface area (Å²) in [5.41, 5.74) is -0.490. The minimum Gasteiger partial charge on any atom is -0.416 e. The number of nitrogens with zero attached hydrogens (tertiary/aromatic N) is 2. The quantitative estimate of drug-likeness (QED) is 0.389. The maximum atomic E-state index is 12.5. The molecule has 4 aromatic rings. The molecule has 0 aliphatic heterocycles. The summed E-state index contributed by atoms with van der Waals surface area (Å²) in [6.07, 6.45) is 0.829. The van der Waals surface area contributed by atoms with Gasteiger partial charge in [-0.15, -0.1) is 10.2 Å². The number of anilines is 1. The highest BCUT2D eigenvalue weighted by molar-refractivity contribution is 9.10. The number of aromatic nitrogens is 4. The van der Waals surface area contributed by atoms with Crippen LogP contribution < -0.4 is 16.0 Å².